The van der Waals surface area contributed by atoms with Crippen molar-refractivity contribution in [1.29, 1.82) is 0 Å². The Kier molecular flexibility index (Phi) is 6.16. The number of rotatable bonds is 7. The number of nitrogens with zero attached hydrogens (tertiary/aromatic N) is 1. The maximum Gasteiger partial charge on any atom is 0.245 e. The Labute approximate surface area is 120 Å². The number of sulfonamides is 1. The number of hydrogen-bond donors (Lipinski definition) is 1. The summed E-state index contributed by atoms with van der Waals surface area (Å²) in [6.45, 7) is 2.01. The van der Waals surface area contributed by atoms with Gasteiger partial charge in [0.05, 0.1) is 5.69 Å². The van der Waals surface area contributed by atoms with Crippen LogP contribution in [-0.2, 0) is 10.0 Å². The van der Waals surface area contributed by atoms with E-state index in [9.17, 15) is 8.42 Å². The van der Waals surface area contributed by atoms with Crippen molar-refractivity contribution in [2.24, 2.45) is 0 Å². The molecule has 0 spiro atoms. The molecular weight excluding hydrogens is 280 g/mol. The highest BCUT2D eigenvalue weighted by molar-refractivity contribution is 7.98. The van der Waals surface area contributed by atoms with Crippen molar-refractivity contribution in [1.82, 2.24) is 4.31 Å². The molecule has 108 valence electrons. The summed E-state index contributed by atoms with van der Waals surface area (Å²) in [6, 6.07) is 7.01. The van der Waals surface area contributed by atoms with Crippen molar-refractivity contribution in [3.8, 4) is 0 Å². The van der Waals surface area contributed by atoms with Crippen molar-refractivity contribution < 1.29 is 8.42 Å². The third-order valence-corrected chi connectivity index (χ3v) is 5.84. The second kappa shape index (κ2) is 7.17. The fourth-order valence-electron chi connectivity index (χ4n) is 1.92. The predicted molar refractivity (Wildman–Crippen MR) is 83.4 cm³/mol. The highest BCUT2D eigenvalue weighted by Crippen LogP contribution is 2.25. The van der Waals surface area contributed by atoms with Gasteiger partial charge in [0.25, 0.3) is 0 Å². The summed E-state index contributed by atoms with van der Waals surface area (Å²) in [7, 11) is -0.0692. The quantitative estimate of drug-likeness (QED) is 0.841. The lowest BCUT2D eigenvalue weighted by Gasteiger charge is -2.26. The number of benzene rings is 1. The number of anilines is 1. The van der Waals surface area contributed by atoms with E-state index in [-0.39, 0.29) is 6.04 Å². The van der Waals surface area contributed by atoms with Gasteiger partial charge in [-0.15, -0.1) is 0 Å². The first-order valence-corrected chi connectivity index (χ1v) is 9.06. The van der Waals surface area contributed by atoms with Crippen LogP contribution in [0.15, 0.2) is 29.2 Å². The molecule has 0 aliphatic carbocycles. The summed E-state index contributed by atoms with van der Waals surface area (Å²) in [4.78, 5) is 0.333. The Bertz CT molecular complexity index is 503. The maximum absolute atomic E-state index is 12.7. The molecule has 0 aromatic heterocycles. The van der Waals surface area contributed by atoms with Gasteiger partial charge in [0.1, 0.15) is 4.90 Å². The van der Waals surface area contributed by atoms with Gasteiger partial charge in [0.2, 0.25) is 10.0 Å². The molecule has 1 aromatic carbocycles. The smallest absolute Gasteiger partial charge is 0.245 e. The Morgan fingerprint density at radius 2 is 2.00 bits per heavy atom. The van der Waals surface area contributed by atoms with Gasteiger partial charge < -0.3 is 5.32 Å². The third-order valence-electron chi connectivity index (χ3n) is 3.16. The number of nitrogens with one attached hydrogen (secondary N) is 1. The van der Waals surface area contributed by atoms with E-state index < -0.39 is 10.0 Å². The Balaban J connectivity index is 3.15. The molecule has 1 rings (SSSR count). The van der Waals surface area contributed by atoms with Crippen LogP contribution in [-0.4, -0.2) is 44.9 Å². The summed E-state index contributed by atoms with van der Waals surface area (Å²) < 4.78 is 26.8. The number of thioether (sulfide) groups is 1. The number of hydrogen-bond acceptors (Lipinski definition) is 4. The topological polar surface area (TPSA) is 49.4 Å². The normalized spacial score (nSPS) is 13.5. The Hall–Kier alpha value is -0.720. The van der Waals surface area contributed by atoms with E-state index in [1.165, 1.54) is 4.31 Å². The molecule has 0 heterocycles. The minimum Gasteiger partial charge on any atom is -0.387 e. The van der Waals surface area contributed by atoms with Crippen LogP contribution in [0.25, 0.3) is 0 Å². The van der Waals surface area contributed by atoms with E-state index >= 15 is 0 Å². The molecule has 0 saturated carbocycles. The summed E-state index contributed by atoms with van der Waals surface area (Å²) in [5.41, 5.74) is 0.633. The molecule has 1 N–H and O–H groups in total. The fourth-order valence-corrected chi connectivity index (χ4v) is 4.49. The first kappa shape index (κ1) is 16.3. The molecule has 0 amide bonds. The Morgan fingerprint density at radius 1 is 1.37 bits per heavy atom. The van der Waals surface area contributed by atoms with Gasteiger partial charge in [-0.3, -0.25) is 0 Å². The van der Waals surface area contributed by atoms with Crippen molar-refractivity contribution in [2.45, 2.75) is 24.3 Å². The summed E-state index contributed by atoms with van der Waals surface area (Å²) in [5.74, 6) is 0.800. The van der Waals surface area contributed by atoms with Crippen LogP contribution < -0.4 is 5.32 Å². The van der Waals surface area contributed by atoms with Gasteiger partial charge in [-0.2, -0.15) is 16.1 Å². The van der Waals surface area contributed by atoms with Gasteiger partial charge in [0.15, 0.2) is 0 Å². The second-order valence-electron chi connectivity index (χ2n) is 4.28. The summed E-state index contributed by atoms with van der Waals surface area (Å²) >= 11 is 1.66. The third kappa shape index (κ3) is 3.64. The molecule has 0 bridgehead atoms. The molecule has 19 heavy (non-hydrogen) atoms. The summed E-state index contributed by atoms with van der Waals surface area (Å²) in [6.07, 6.45) is 2.79. The molecule has 0 radical (unpaired) electrons. The van der Waals surface area contributed by atoms with Gasteiger partial charge in [-0.25, -0.2) is 8.42 Å². The van der Waals surface area contributed by atoms with Gasteiger partial charge in [-0.1, -0.05) is 19.1 Å². The van der Waals surface area contributed by atoms with Gasteiger partial charge >= 0.3 is 0 Å². The van der Waals surface area contributed by atoms with Crippen molar-refractivity contribution in [3.05, 3.63) is 24.3 Å². The van der Waals surface area contributed by atoms with Crippen LogP contribution >= 0.6 is 11.8 Å². The summed E-state index contributed by atoms with van der Waals surface area (Å²) in [5, 5.41) is 2.93. The van der Waals surface area contributed by atoms with E-state index in [1.807, 2.05) is 19.2 Å². The zero-order valence-corrected chi connectivity index (χ0v) is 13.5. The minimum absolute atomic E-state index is 0.0184. The standard InChI is InChI=1S/C13H22N2O2S2/c1-5-11(10-18-4)15(3)19(16,17)13-9-7-6-8-12(13)14-2/h6-9,11,14H,5,10H2,1-4H3. The predicted octanol–water partition coefficient (Wildman–Crippen LogP) is 2.49. The Morgan fingerprint density at radius 3 is 2.53 bits per heavy atom. The van der Waals surface area contributed by atoms with E-state index in [4.69, 9.17) is 0 Å². The molecule has 4 nitrogen and oxygen atoms in total. The lowest BCUT2D eigenvalue weighted by Crippen LogP contribution is -2.38. The fraction of sp³-hybridized carbons (Fsp3) is 0.538. The molecular formula is C13H22N2O2S2. The van der Waals surface area contributed by atoms with Crippen molar-refractivity contribution in [2.75, 3.05) is 31.4 Å². The first-order chi connectivity index (χ1) is 8.98. The molecule has 0 fully saturated rings. The van der Waals surface area contributed by atoms with Crippen LogP contribution in [0.4, 0.5) is 5.69 Å². The van der Waals surface area contributed by atoms with Crippen molar-refractivity contribution in [3.63, 3.8) is 0 Å². The SMILES string of the molecule is CCC(CSC)N(C)S(=O)(=O)c1ccccc1NC. The monoisotopic (exact) mass is 302 g/mol. The van der Waals surface area contributed by atoms with Crippen molar-refractivity contribution >= 4 is 27.5 Å². The molecule has 1 atom stereocenters. The van der Waals surface area contributed by atoms with Crippen LogP contribution in [0, 0.1) is 0 Å². The largest absolute Gasteiger partial charge is 0.387 e. The van der Waals surface area contributed by atoms with Crippen LogP contribution in [0.2, 0.25) is 0 Å². The van der Waals surface area contributed by atoms with Crippen LogP contribution in [0.3, 0.4) is 0 Å². The van der Waals surface area contributed by atoms with Gasteiger partial charge in [-0.05, 0) is 24.8 Å². The molecule has 0 aliphatic heterocycles. The molecule has 0 saturated heterocycles. The van der Waals surface area contributed by atoms with E-state index in [1.54, 1.807) is 44.1 Å². The highest BCUT2D eigenvalue weighted by Gasteiger charge is 2.28. The molecule has 0 aliphatic rings. The zero-order valence-electron chi connectivity index (χ0n) is 11.9. The first-order valence-electron chi connectivity index (χ1n) is 6.22. The highest BCUT2D eigenvalue weighted by atomic mass is 32.2. The second-order valence-corrected chi connectivity index (χ2v) is 7.16. The average molecular weight is 302 g/mol. The molecule has 1 unspecified atom stereocenters. The zero-order chi connectivity index (χ0) is 14.5. The molecule has 1 aromatic rings. The maximum atomic E-state index is 12.7. The van der Waals surface area contributed by atoms with Crippen LogP contribution in [0.1, 0.15) is 13.3 Å². The van der Waals surface area contributed by atoms with E-state index in [0.717, 1.165) is 12.2 Å². The van der Waals surface area contributed by atoms with E-state index in [2.05, 4.69) is 5.32 Å². The molecule has 6 heteroatoms. The lowest BCUT2D eigenvalue weighted by molar-refractivity contribution is 0.385. The number of para-hydroxylation sites is 1. The van der Waals surface area contributed by atoms with Gasteiger partial charge in [0, 0.05) is 25.9 Å². The average Bonchev–Trinajstić information content (AvgIpc) is 2.43. The van der Waals surface area contributed by atoms with E-state index in [0.29, 0.717) is 10.6 Å². The van der Waals surface area contributed by atoms with Crippen LogP contribution in [0.5, 0.6) is 0 Å². The lowest BCUT2D eigenvalue weighted by atomic mass is 10.3. The minimum atomic E-state index is -3.46.